The van der Waals surface area contributed by atoms with E-state index in [9.17, 15) is 13.2 Å². The smallest absolute Gasteiger partial charge is 0.251 e. The molecule has 0 fully saturated rings. The van der Waals surface area contributed by atoms with E-state index in [1.54, 1.807) is 31.3 Å². The van der Waals surface area contributed by atoms with Crippen LogP contribution in [-0.4, -0.2) is 33.0 Å². The van der Waals surface area contributed by atoms with Crippen LogP contribution in [0.5, 0.6) is 0 Å². The van der Waals surface area contributed by atoms with Crippen LogP contribution in [0.15, 0.2) is 24.3 Å². The lowest BCUT2D eigenvalue weighted by molar-refractivity contribution is 0.0963. The summed E-state index contributed by atoms with van der Waals surface area (Å²) in [5.74, 6) is 0.170. The van der Waals surface area contributed by atoms with Crippen molar-refractivity contribution in [1.29, 1.82) is 0 Å². The first kappa shape index (κ1) is 15.9. The summed E-state index contributed by atoms with van der Waals surface area (Å²) < 4.78 is 25.6. The Morgan fingerprint density at radius 1 is 1.26 bits per heavy atom. The fourth-order valence-electron chi connectivity index (χ4n) is 1.43. The van der Waals surface area contributed by atoms with E-state index in [4.69, 9.17) is 11.6 Å². The van der Waals surface area contributed by atoms with Crippen LogP contribution >= 0.6 is 11.6 Å². The molecule has 5 nitrogen and oxygen atoms in total. The Hall–Kier alpha value is -1.11. The number of alkyl halides is 1. The summed E-state index contributed by atoms with van der Waals surface area (Å²) in [5.41, 5.74) is 1.33. The molecule has 0 saturated carbocycles. The number of hydrogen-bond donors (Lipinski definition) is 2. The molecule has 7 heteroatoms. The molecule has 0 radical (unpaired) electrons. The fraction of sp³-hybridized carbons (Fsp3) is 0.417. The zero-order valence-electron chi connectivity index (χ0n) is 10.6. The van der Waals surface area contributed by atoms with Crippen molar-refractivity contribution in [2.75, 3.05) is 18.7 Å². The van der Waals surface area contributed by atoms with Crippen LogP contribution in [0.1, 0.15) is 22.3 Å². The summed E-state index contributed by atoms with van der Waals surface area (Å²) in [5, 5.41) is 2.52. The number of rotatable bonds is 7. The molecule has 0 saturated heterocycles. The topological polar surface area (TPSA) is 75.3 Å². The predicted octanol–water partition coefficient (Wildman–Crippen LogP) is 1.09. The second-order valence-corrected chi connectivity index (χ2v) is 6.26. The van der Waals surface area contributed by atoms with Gasteiger partial charge in [0.05, 0.1) is 5.75 Å². The third kappa shape index (κ3) is 5.59. The minimum Gasteiger partial charge on any atom is -0.355 e. The van der Waals surface area contributed by atoms with E-state index < -0.39 is 10.0 Å². The van der Waals surface area contributed by atoms with Crippen molar-refractivity contribution < 1.29 is 13.2 Å². The SMILES string of the molecule is CNC(=O)c1ccc(CNS(=O)(=O)CCCCl)cc1. The maximum absolute atomic E-state index is 11.6. The summed E-state index contributed by atoms with van der Waals surface area (Å²) in [4.78, 5) is 11.3. The molecule has 0 heterocycles. The average Bonchev–Trinajstić information content (AvgIpc) is 2.43. The molecule has 106 valence electrons. The highest BCUT2D eigenvalue weighted by Crippen LogP contribution is 2.05. The van der Waals surface area contributed by atoms with E-state index in [1.807, 2.05) is 0 Å². The zero-order valence-corrected chi connectivity index (χ0v) is 12.2. The van der Waals surface area contributed by atoms with Gasteiger partial charge in [-0.3, -0.25) is 4.79 Å². The average molecular weight is 305 g/mol. The maximum atomic E-state index is 11.6. The fourth-order valence-corrected chi connectivity index (χ4v) is 2.78. The normalized spacial score (nSPS) is 11.3. The molecule has 2 N–H and O–H groups in total. The van der Waals surface area contributed by atoms with Gasteiger partial charge in [-0.1, -0.05) is 12.1 Å². The van der Waals surface area contributed by atoms with Crippen molar-refractivity contribution >= 4 is 27.5 Å². The maximum Gasteiger partial charge on any atom is 0.251 e. The molecule has 1 rings (SSSR count). The van der Waals surface area contributed by atoms with Gasteiger partial charge in [-0.2, -0.15) is 0 Å². The Kier molecular flexibility index (Phi) is 6.27. The largest absolute Gasteiger partial charge is 0.355 e. The van der Waals surface area contributed by atoms with Gasteiger partial charge in [0.1, 0.15) is 0 Å². The Morgan fingerprint density at radius 3 is 2.42 bits per heavy atom. The summed E-state index contributed by atoms with van der Waals surface area (Å²) in [6, 6.07) is 6.74. The van der Waals surface area contributed by atoms with Crippen LogP contribution in [0.2, 0.25) is 0 Å². The summed E-state index contributed by atoms with van der Waals surface area (Å²) in [6.45, 7) is 0.207. The van der Waals surface area contributed by atoms with Gasteiger partial charge in [0.15, 0.2) is 0 Å². The number of halogens is 1. The van der Waals surface area contributed by atoms with Crippen LogP contribution < -0.4 is 10.0 Å². The molecular weight excluding hydrogens is 288 g/mol. The molecular formula is C12H17ClN2O3S. The second-order valence-electron chi connectivity index (χ2n) is 3.96. The number of carbonyl (C=O) groups is 1. The number of hydrogen-bond acceptors (Lipinski definition) is 3. The Bertz CT molecular complexity index is 514. The minimum atomic E-state index is -3.29. The Labute approximate surface area is 118 Å². The summed E-state index contributed by atoms with van der Waals surface area (Å²) >= 11 is 5.46. The lowest BCUT2D eigenvalue weighted by atomic mass is 10.1. The lowest BCUT2D eigenvalue weighted by Crippen LogP contribution is -2.26. The van der Waals surface area contributed by atoms with Crippen LogP contribution in [0, 0.1) is 0 Å². The van der Waals surface area contributed by atoms with Gasteiger partial charge >= 0.3 is 0 Å². The molecule has 0 spiro atoms. The van der Waals surface area contributed by atoms with Crippen molar-refractivity contribution in [3.05, 3.63) is 35.4 Å². The van der Waals surface area contributed by atoms with E-state index >= 15 is 0 Å². The van der Waals surface area contributed by atoms with Gasteiger partial charge in [-0.05, 0) is 24.1 Å². The molecule has 0 aromatic heterocycles. The molecule has 0 unspecified atom stereocenters. The van der Waals surface area contributed by atoms with Gasteiger partial charge < -0.3 is 5.32 Å². The molecule has 0 atom stereocenters. The monoisotopic (exact) mass is 304 g/mol. The van der Waals surface area contributed by atoms with Gasteiger partial charge in [0.2, 0.25) is 10.0 Å². The van der Waals surface area contributed by atoms with Crippen LogP contribution in [0.4, 0.5) is 0 Å². The summed E-state index contributed by atoms with van der Waals surface area (Å²) in [7, 11) is -1.73. The minimum absolute atomic E-state index is 0.0207. The first-order chi connectivity index (χ1) is 8.98. The number of nitrogens with one attached hydrogen (secondary N) is 2. The third-order valence-electron chi connectivity index (χ3n) is 2.49. The highest BCUT2D eigenvalue weighted by Gasteiger charge is 2.09. The molecule has 1 aromatic carbocycles. The second kappa shape index (κ2) is 7.47. The van der Waals surface area contributed by atoms with Gasteiger partial charge in [-0.25, -0.2) is 13.1 Å². The van der Waals surface area contributed by atoms with Crippen molar-refractivity contribution in [3.8, 4) is 0 Å². The number of amides is 1. The van der Waals surface area contributed by atoms with Crippen LogP contribution in [0.25, 0.3) is 0 Å². The van der Waals surface area contributed by atoms with Crippen LogP contribution in [-0.2, 0) is 16.6 Å². The lowest BCUT2D eigenvalue weighted by Gasteiger charge is -2.06. The first-order valence-electron chi connectivity index (χ1n) is 5.83. The molecule has 0 bridgehead atoms. The van der Waals surface area contributed by atoms with E-state index in [0.717, 1.165) is 5.56 Å². The van der Waals surface area contributed by atoms with Gasteiger partial charge in [0, 0.05) is 25.0 Å². The predicted molar refractivity (Wildman–Crippen MR) is 75.8 cm³/mol. The quantitative estimate of drug-likeness (QED) is 0.741. The van der Waals surface area contributed by atoms with Crippen molar-refractivity contribution in [3.63, 3.8) is 0 Å². The Balaban J connectivity index is 2.57. The number of carbonyl (C=O) groups excluding carboxylic acids is 1. The zero-order chi connectivity index (χ0) is 14.3. The Morgan fingerprint density at radius 2 is 1.89 bits per heavy atom. The van der Waals surface area contributed by atoms with Gasteiger partial charge in [-0.15, -0.1) is 11.6 Å². The molecule has 1 aromatic rings. The van der Waals surface area contributed by atoms with E-state index in [0.29, 0.717) is 17.9 Å². The molecule has 0 aliphatic rings. The van der Waals surface area contributed by atoms with Crippen molar-refractivity contribution in [1.82, 2.24) is 10.0 Å². The van der Waals surface area contributed by atoms with E-state index in [1.165, 1.54) is 0 Å². The summed E-state index contributed by atoms with van der Waals surface area (Å²) in [6.07, 6.45) is 0.423. The molecule has 19 heavy (non-hydrogen) atoms. The van der Waals surface area contributed by atoms with E-state index in [-0.39, 0.29) is 18.2 Å². The number of sulfonamides is 1. The molecule has 0 aliphatic heterocycles. The van der Waals surface area contributed by atoms with Crippen LogP contribution in [0.3, 0.4) is 0 Å². The van der Waals surface area contributed by atoms with Gasteiger partial charge in [0.25, 0.3) is 5.91 Å². The van der Waals surface area contributed by atoms with E-state index in [2.05, 4.69) is 10.0 Å². The number of benzene rings is 1. The van der Waals surface area contributed by atoms with Crippen molar-refractivity contribution in [2.24, 2.45) is 0 Å². The third-order valence-corrected chi connectivity index (χ3v) is 4.16. The van der Waals surface area contributed by atoms with Crippen molar-refractivity contribution in [2.45, 2.75) is 13.0 Å². The first-order valence-corrected chi connectivity index (χ1v) is 8.01. The molecule has 1 amide bonds. The highest BCUT2D eigenvalue weighted by atomic mass is 35.5. The standard InChI is InChI=1S/C12H17ClN2O3S/c1-14-12(16)11-5-3-10(4-6-11)9-15-19(17,18)8-2-7-13/h3-6,15H,2,7-9H2,1H3,(H,14,16). The molecule has 0 aliphatic carbocycles. The highest BCUT2D eigenvalue weighted by molar-refractivity contribution is 7.89.